The summed E-state index contributed by atoms with van der Waals surface area (Å²) in [5.74, 6) is 2.28. The fourth-order valence-electron chi connectivity index (χ4n) is 3.41. The molecule has 1 saturated carbocycles. The van der Waals surface area contributed by atoms with Gasteiger partial charge in [0, 0.05) is 50.7 Å². The molecule has 1 aromatic carbocycles. The maximum absolute atomic E-state index is 5.69. The van der Waals surface area contributed by atoms with E-state index in [-0.39, 0.29) is 0 Å². The first kappa shape index (κ1) is 18.6. The summed E-state index contributed by atoms with van der Waals surface area (Å²) >= 11 is 0. The van der Waals surface area contributed by atoms with Crippen LogP contribution in [0.1, 0.15) is 24.8 Å². The Bertz CT molecular complexity index is 773. The third-order valence-electron chi connectivity index (χ3n) is 5.30. The zero-order chi connectivity index (χ0) is 19.2. The van der Waals surface area contributed by atoms with E-state index in [1.165, 1.54) is 18.5 Å². The second kappa shape index (κ2) is 8.95. The van der Waals surface area contributed by atoms with E-state index in [2.05, 4.69) is 61.9 Å². The minimum absolute atomic E-state index is 0.391. The molecule has 0 bridgehead atoms. The number of hydrogen-bond acceptors (Lipinski definition) is 4. The van der Waals surface area contributed by atoms with Gasteiger partial charge in [0.25, 0.3) is 0 Å². The van der Waals surface area contributed by atoms with Gasteiger partial charge in [-0.2, -0.15) is 0 Å². The van der Waals surface area contributed by atoms with Gasteiger partial charge in [-0.1, -0.05) is 24.3 Å². The molecule has 2 N–H and O–H groups in total. The third kappa shape index (κ3) is 5.15. The van der Waals surface area contributed by atoms with Crippen LogP contribution in [0, 0.1) is 5.92 Å². The smallest absolute Gasteiger partial charge is 0.213 e. The summed E-state index contributed by atoms with van der Waals surface area (Å²) in [6, 6.07) is 15.0. The van der Waals surface area contributed by atoms with Gasteiger partial charge in [0.2, 0.25) is 5.88 Å². The van der Waals surface area contributed by atoms with Crippen LogP contribution in [0.15, 0.2) is 53.7 Å². The zero-order valence-corrected chi connectivity index (χ0v) is 16.5. The van der Waals surface area contributed by atoms with E-state index >= 15 is 0 Å². The standard InChI is InChI=1S/C22H29N5O/c1-23-22(26-19-11-12-27(15-19)20-5-3-2-4-6-20)25-14-18-9-10-21(24-13-18)28-16-17-7-8-17/h2-6,9-10,13,17,19H,7-8,11-12,14-16H2,1H3,(H2,23,25,26). The lowest BCUT2D eigenvalue weighted by Gasteiger charge is -2.20. The molecule has 2 aliphatic rings. The van der Waals surface area contributed by atoms with E-state index in [1.807, 2.05) is 19.3 Å². The third-order valence-corrected chi connectivity index (χ3v) is 5.30. The van der Waals surface area contributed by atoms with E-state index in [9.17, 15) is 0 Å². The van der Waals surface area contributed by atoms with Crippen molar-refractivity contribution in [3.8, 4) is 5.88 Å². The second-order valence-corrected chi connectivity index (χ2v) is 7.60. The van der Waals surface area contributed by atoms with E-state index in [0.29, 0.717) is 18.5 Å². The Kier molecular flexibility index (Phi) is 5.95. The van der Waals surface area contributed by atoms with Gasteiger partial charge in [0.05, 0.1) is 6.61 Å². The van der Waals surface area contributed by atoms with Crippen molar-refractivity contribution in [2.75, 3.05) is 31.6 Å². The Hall–Kier alpha value is -2.76. The quantitative estimate of drug-likeness (QED) is 0.572. The average molecular weight is 380 g/mol. The molecule has 1 aliphatic carbocycles. The summed E-state index contributed by atoms with van der Waals surface area (Å²) in [6.07, 6.45) is 5.55. The van der Waals surface area contributed by atoms with Crippen molar-refractivity contribution in [3.63, 3.8) is 0 Å². The van der Waals surface area contributed by atoms with Gasteiger partial charge in [0.1, 0.15) is 0 Å². The molecule has 1 saturated heterocycles. The van der Waals surface area contributed by atoms with Crippen molar-refractivity contribution in [3.05, 3.63) is 54.2 Å². The van der Waals surface area contributed by atoms with Crippen molar-refractivity contribution < 1.29 is 4.74 Å². The number of benzene rings is 1. The number of hydrogen-bond donors (Lipinski definition) is 2. The van der Waals surface area contributed by atoms with Crippen LogP contribution in [-0.2, 0) is 6.54 Å². The van der Waals surface area contributed by atoms with Gasteiger partial charge in [-0.3, -0.25) is 4.99 Å². The van der Waals surface area contributed by atoms with Gasteiger partial charge < -0.3 is 20.3 Å². The molecule has 1 unspecified atom stereocenters. The molecule has 6 heteroatoms. The first-order valence-corrected chi connectivity index (χ1v) is 10.1. The molecule has 4 rings (SSSR count). The molecule has 2 fully saturated rings. The molecular formula is C22H29N5O. The molecule has 2 aromatic rings. The Morgan fingerprint density at radius 2 is 2.04 bits per heavy atom. The maximum atomic E-state index is 5.69. The Morgan fingerprint density at radius 3 is 2.75 bits per heavy atom. The lowest BCUT2D eigenvalue weighted by atomic mass is 10.2. The predicted molar refractivity (Wildman–Crippen MR) is 113 cm³/mol. The monoisotopic (exact) mass is 379 g/mol. The van der Waals surface area contributed by atoms with Crippen molar-refractivity contribution in [2.45, 2.75) is 31.8 Å². The number of nitrogens with zero attached hydrogens (tertiary/aromatic N) is 3. The summed E-state index contributed by atoms with van der Waals surface area (Å²) in [5.41, 5.74) is 2.39. The Balaban J connectivity index is 1.22. The highest BCUT2D eigenvalue weighted by Crippen LogP contribution is 2.29. The first-order chi connectivity index (χ1) is 13.8. The molecule has 0 radical (unpaired) electrons. The molecule has 0 amide bonds. The molecule has 148 valence electrons. The van der Waals surface area contributed by atoms with Gasteiger partial charge in [-0.05, 0) is 42.9 Å². The number of pyridine rings is 1. The van der Waals surface area contributed by atoms with Crippen molar-refractivity contribution in [1.82, 2.24) is 15.6 Å². The lowest BCUT2D eigenvalue weighted by molar-refractivity contribution is 0.288. The minimum atomic E-state index is 0.391. The molecule has 2 heterocycles. The second-order valence-electron chi connectivity index (χ2n) is 7.60. The number of guanidine groups is 1. The largest absolute Gasteiger partial charge is 0.477 e. The number of para-hydroxylation sites is 1. The zero-order valence-electron chi connectivity index (χ0n) is 16.5. The Morgan fingerprint density at radius 1 is 1.18 bits per heavy atom. The normalized spacial score (nSPS) is 19.5. The van der Waals surface area contributed by atoms with Crippen molar-refractivity contribution >= 4 is 11.6 Å². The summed E-state index contributed by atoms with van der Waals surface area (Å²) < 4.78 is 5.69. The topological polar surface area (TPSA) is 61.8 Å². The summed E-state index contributed by atoms with van der Waals surface area (Å²) in [4.78, 5) is 11.2. The maximum Gasteiger partial charge on any atom is 0.213 e. The minimum Gasteiger partial charge on any atom is -0.477 e. The number of nitrogens with one attached hydrogen (secondary N) is 2. The molecule has 28 heavy (non-hydrogen) atoms. The lowest BCUT2D eigenvalue weighted by Crippen LogP contribution is -2.44. The molecule has 0 spiro atoms. The van der Waals surface area contributed by atoms with Crippen LogP contribution >= 0.6 is 0 Å². The van der Waals surface area contributed by atoms with Gasteiger partial charge in [0.15, 0.2) is 5.96 Å². The summed E-state index contributed by atoms with van der Waals surface area (Å²) in [5, 5.41) is 6.93. The highest BCUT2D eigenvalue weighted by molar-refractivity contribution is 5.80. The summed E-state index contributed by atoms with van der Waals surface area (Å²) in [7, 11) is 1.81. The van der Waals surface area contributed by atoms with Gasteiger partial charge in [-0.15, -0.1) is 0 Å². The van der Waals surface area contributed by atoms with Gasteiger partial charge in [-0.25, -0.2) is 4.98 Å². The van der Waals surface area contributed by atoms with E-state index < -0.39 is 0 Å². The Labute approximate surface area is 167 Å². The highest BCUT2D eigenvalue weighted by Gasteiger charge is 2.23. The van der Waals surface area contributed by atoms with Crippen LogP contribution in [-0.4, -0.2) is 43.7 Å². The van der Waals surface area contributed by atoms with Crippen LogP contribution < -0.4 is 20.3 Å². The average Bonchev–Trinajstić information content (AvgIpc) is 3.47. The summed E-state index contributed by atoms with van der Waals surface area (Å²) in [6.45, 7) is 3.53. The molecule has 6 nitrogen and oxygen atoms in total. The van der Waals surface area contributed by atoms with Crippen LogP contribution in [0.5, 0.6) is 5.88 Å². The number of anilines is 1. The first-order valence-electron chi connectivity index (χ1n) is 10.1. The molecule has 1 atom stereocenters. The van der Waals surface area contributed by atoms with Crippen LogP contribution in [0.2, 0.25) is 0 Å². The van der Waals surface area contributed by atoms with Crippen LogP contribution in [0.3, 0.4) is 0 Å². The predicted octanol–water partition coefficient (Wildman–Crippen LogP) is 2.81. The molecule has 1 aromatic heterocycles. The fourth-order valence-corrected chi connectivity index (χ4v) is 3.41. The van der Waals surface area contributed by atoms with Crippen LogP contribution in [0.25, 0.3) is 0 Å². The number of aliphatic imine (C=N–C) groups is 1. The number of ether oxygens (including phenoxy) is 1. The van der Waals surface area contributed by atoms with E-state index in [1.54, 1.807) is 0 Å². The highest BCUT2D eigenvalue weighted by atomic mass is 16.5. The van der Waals surface area contributed by atoms with E-state index in [4.69, 9.17) is 4.74 Å². The SMILES string of the molecule is CN=C(NCc1ccc(OCC2CC2)nc1)NC1CCN(c2ccccc2)C1. The number of aromatic nitrogens is 1. The van der Waals surface area contributed by atoms with E-state index in [0.717, 1.165) is 43.6 Å². The molecule has 1 aliphatic heterocycles. The number of rotatable bonds is 7. The van der Waals surface area contributed by atoms with Crippen LogP contribution in [0.4, 0.5) is 5.69 Å². The fraction of sp³-hybridized carbons (Fsp3) is 0.455. The van der Waals surface area contributed by atoms with Crippen molar-refractivity contribution in [1.29, 1.82) is 0 Å². The van der Waals surface area contributed by atoms with Crippen molar-refractivity contribution in [2.24, 2.45) is 10.9 Å². The molecular weight excluding hydrogens is 350 g/mol. The van der Waals surface area contributed by atoms with Gasteiger partial charge >= 0.3 is 0 Å².